The van der Waals surface area contributed by atoms with Crippen molar-refractivity contribution in [3.8, 4) is 5.88 Å². The van der Waals surface area contributed by atoms with E-state index in [9.17, 15) is 9.90 Å². The molecule has 0 saturated heterocycles. The minimum Gasteiger partial charge on any atom is -0.473 e. The molecule has 7 nitrogen and oxygen atoms in total. The molecule has 2 aromatic heterocycles. The first-order valence-corrected chi connectivity index (χ1v) is 6.48. The molecule has 2 N–H and O–H groups in total. The molecule has 0 aliphatic rings. The van der Waals surface area contributed by atoms with Crippen molar-refractivity contribution in [1.82, 2.24) is 19.7 Å². The van der Waals surface area contributed by atoms with Gasteiger partial charge in [0.25, 0.3) is 5.56 Å². The van der Waals surface area contributed by atoms with Crippen molar-refractivity contribution in [2.45, 2.75) is 12.6 Å². The lowest BCUT2D eigenvalue weighted by atomic mass is 10.2. The van der Waals surface area contributed by atoms with Crippen molar-refractivity contribution in [2.75, 3.05) is 6.61 Å². The molecule has 2 heterocycles. The Kier molecular flexibility index (Phi) is 3.65. The van der Waals surface area contributed by atoms with E-state index in [2.05, 4.69) is 15.2 Å². The van der Waals surface area contributed by atoms with Crippen molar-refractivity contribution in [3.05, 3.63) is 53.3 Å². The third kappa shape index (κ3) is 2.92. The summed E-state index contributed by atoms with van der Waals surface area (Å²) in [7, 11) is 0. The summed E-state index contributed by atoms with van der Waals surface area (Å²) >= 11 is 0. The van der Waals surface area contributed by atoms with Gasteiger partial charge in [-0.2, -0.15) is 0 Å². The van der Waals surface area contributed by atoms with Crippen LogP contribution in [0.15, 0.2) is 47.8 Å². The van der Waals surface area contributed by atoms with Gasteiger partial charge in [-0.05, 0) is 12.1 Å². The molecule has 108 valence electrons. The minimum atomic E-state index is -0.702. The number of hydrogen-bond acceptors (Lipinski definition) is 5. The number of aliphatic hydroxyl groups excluding tert-OH is 1. The van der Waals surface area contributed by atoms with Crippen LogP contribution < -0.4 is 10.3 Å². The second-order valence-corrected chi connectivity index (χ2v) is 4.63. The van der Waals surface area contributed by atoms with Gasteiger partial charge in [0.2, 0.25) is 5.88 Å². The van der Waals surface area contributed by atoms with Crippen LogP contribution in [0.25, 0.3) is 10.8 Å². The van der Waals surface area contributed by atoms with Crippen molar-refractivity contribution in [2.24, 2.45) is 0 Å². The number of hydrogen-bond donors (Lipinski definition) is 2. The van der Waals surface area contributed by atoms with E-state index >= 15 is 0 Å². The predicted octanol–water partition coefficient (Wildman–Crippen LogP) is 0.559. The number of benzene rings is 1. The number of imidazole rings is 1. The second-order valence-electron chi connectivity index (χ2n) is 4.63. The Bertz CT molecular complexity index is 782. The van der Waals surface area contributed by atoms with Crippen molar-refractivity contribution < 1.29 is 9.84 Å². The maximum absolute atomic E-state index is 11.6. The molecule has 0 aliphatic heterocycles. The fourth-order valence-corrected chi connectivity index (χ4v) is 2.07. The molecule has 0 spiro atoms. The molecule has 0 amide bonds. The Hall–Kier alpha value is -2.67. The third-order valence-electron chi connectivity index (χ3n) is 3.05. The molecular weight excluding hydrogens is 272 g/mol. The van der Waals surface area contributed by atoms with Gasteiger partial charge in [-0.15, -0.1) is 5.10 Å². The second kappa shape index (κ2) is 5.76. The van der Waals surface area contributed by atoms with Gasteiger partial charge >= 0.3 is 0 Å². The molecule has 0 radical (unpaired) electrons. The first-order valence-electron chi connectivity index (χ1n) is 6.48. The molecule has 21 heavy (non-hydrogen) atoms. The first kappa shape index (κ1) is 13.3. The summed E-state index contributed by atoms with van der Waals surface area (Å²) in [6, 6.07) is 7.03. The summed E-state index contributed by atoms with van der Waals surface area (Å²) in [6.07, 6.45) is 4.32. The highest BCUT2D eigenvalue weighted by molar-refractivity contribution is 5.85. The van der Waals surface area contributed by atoms with E-state index in [1.54, 1.807) is 47.6 Å². The number of aromatic nitrogens is 4. The summed E-state index contributed by atoms with van der Waals surface area (Å²) in [5, 5.41) is 17.3. The maximum atomic E-state index is 11.6. The Morgan fingerprint density at radius 3 is 2.90 bits per heavy atom. The zero-order valence-electron chi connectivity index (χ0n) is 11.1. The lowest BCUT2D eigenvalue weighted by molar-refractivity contribution is 0.0905. The van der Waals surface area contributed by atoms with Crippen LogP contribution in [0.3, 0.4) is 0 Å². The van der Waals surface area contributed by atoms with Crippen LogP contribution >= 0.6 is 0 Å². The molecule has 0 aliphatic carbocycles. The van der Waals surface area contributed by atoms with Crippen LogP contribution in [0, 0.1) is 0 Å². The average molecular weight is 286 g/mol. The Balaban J connectivity index is 1.73. The fourth-order valence-electron chi connectivity index (χ4n) is 2.07. The van der Waals surface area contributed by atoms with E-state index < -0.39 is 6.10 Å². The van der Waals surface area contributed by atoms with Crippen LogP contribution in [-0.2, 0) is 6.54 Å². The summed E-state index contributed by atoms with van der Waals surface area (Å²) in [4.78, 5) is 15.6. The third-order valence-corrected chi connectivity index (χ3v) is 3.05. The highest BCUT2D eigenvalue weighted by Gasteiger charge is 2.10. The van der Waals surface area contributed by atoms with Gasteiger partial charge in [0.1, 0.15) is 12.7 Å². The summed E-state index contributed by atoms with van der Waals surface area (Å²) in [6.45, 7) is 0.447. The van der Waals surface area contributed by atoms with Gasteiger partial charge in [0.15, 0.2) is 0 Å². The normalized spacial score (nSPS) is 12.4. The van der Waals surface area contributed by atoms with Crippen LogP contribution in [0.1, 0.15) is 0 Å². The molecule has 1 unspecified atom stereocenters. The number of aromatic amines is 1. The van der Waals surface area contributed by atoms with Gasteiger partial charge in [-0.1, -0.05) is 12.1 Å². The monoisotopic (exact) mass is 286 g/mol. The van der Waals surface area contributed by atoms with Gasteiger partial charge in [0.05, 0.1) is 23.6 Å². The smallest absolute Gasteiger partial charge is 0.272 e. The molecule has 3 rings (SSSR count). The maximum Gasteiger partial charge on any atom is 0.272 e. The van der Waals surface area contributed by atoms with Crippen LogP contribution in [0.5, 0.6) is 5.88 Å². The van der Waals surface area contributed by atoms with Crippen molar-refractivity contribution in [3.63, 3.8) is 0 Å². The van der Waals surface area contributed by atoms with E-state index in [1.807, 2.05) is 0 Å². The molecule has 0 saturated carbocycles. The van der Waals surface area contributed by atoms with E-state index in [1.165, 1.54) is 0 Å². The molecule has 0 bridgehead atoms. The zero-order chi connectivity index (χ0) is 14.7. The number of nitrogens with one attached hydrogen (secondary N) is 1. The first-order chi connectivity index (χ1) is 10.2. The lowest BCUT2D eigenvalue weighted by Crippen LogP contribution is -2.24. The largest absolute Gasteiger partial charge is 0.473 e. The number of rotatable bonds is 5. The molecule has 1 aromatic carbocycles. The van der Waals surface area contributed by atoms with Gasteiger partial charge in [0, 0.05) is 12.4 Å². The molecule has 0 fully saturated rings. The van der Waals surface area contributed by atoms with Crippen LogP contribution in [0.4, 0.5) is 0 Å². The SMILES string of the molecule is O=c1[nH]nc(OCC(O)Cn2ccnc2)c2ccccc12. The lowest BCUT2D eigenvalue weighted by Gasteiger charge is -2.13. The molecule has 7 heteroatoms. The van der Waals surface area contributed by atoms with Gasteiger partial charge < -0.3 is 14.4 Å². The Labute approximate surface area is 119 Å². The van der Waals surface area contributed by atoms with Gasteiger partial charge in [-0.3, -0.25) is 4.79 Å². The van der Waals surface area contributed by atoms with Gasteiger partial charge in [-0.25, -0.2) is 10.1 Å². The van der Waals surface area contributed by atoms with E-state index in [4.69, 9.17) is 4.74 Å². The Morgan fingerprint density at radius 1 is 1.33 bits per heavy atom. The average Bonchev–Trinajstić information content (AvgIpc) is 3.00. The van der Waals surface area contributed by atoms with Crippen LogP contribution in [-0.4, -0.2) is 37.6 Å². The van der Waals surface area contributed by atoms with Crippen LogP contribution in [0.2, 0.25) is 0 Å². The quantitative estimate of drug-likeness (QED) is 0.715. The number of fused-ring (bicyclic) bond motifs is 1. The topological polar surface area (TPSA) is 93.0 Å². The highest BCUT2D eigenvalue weighted by Crippen LogP contribution is 2.19. The Morgan fingerprint density at radius 2 is 2.14 bits per heavy atom. The summed E-state index contributed by atoms with van der Waals surface area (Å²) in [5.41, 5.74) is -0.267. The zero-order valence-corrected chi connectivity index (χ0v) is 11.1. The molecule has 3 aromatic rings. The van der Waals surface area contributed by atoms with E-state index in [-0.39, 0.29) is 12.2 Å². The minimum absolute atomic E-state index is 0.0707. The summed E-state index contributed by atoms with van der Waals surface area (Å²) < 4.78 is 7.28. The van der Waals surface area contributed by atoms with E-state index in [0.29, 0.717) is 23.2 Å². The number of aliphatic hydroxyl groups is 1. The van der Waals surface area contributed by atoms with Crippen molar-refractivity contribution in [1.29, 1.82) is 0 Å². The predicted molar refractivity (Wildman–Crippen MR) is 76.1 cm³/mol. The number of nitrogens with zero attached hydrogens (tertiary/aromatic N) is 3. The number of ether oxygens (including phenoxy) is 1. The fraction of sp³-hybridized carbons (Fsp3) is 0.214. The summed E-state index contributed by atoms with van der Waals surface area (Å²) in [5.74, 6) is 0.301. The molecular formula is C14H14N4O3. The highest BCUT2D eigenvalue weighted by atomic mass is 16.5. The van der Waals surface area contributed by atoms with Crippen molar-refractivity contribution >= 4 is 10.8 Å². The standard InChI is InChI=1S/C14H14N4O3/c19-10(7-18-6-5-15-9-18)8-21-14-12-4-2-1-3-11(12)13(20)16-17-14/h1-6,9-10,19H,7-8H2,(H,16,20). The van der Waals surface area contributed by atoms with E-state index in [0.717, 1.165) is 0 Å². The molecule has 1 atom stereocenters. The number of H-pyrrole nitrogens is 1.